The van der Waals surface area contributed by atoms with Crippen molar-refractivity contribution in [2.45, 2.75) is 6.18 Å². The van der Waals surface area contributed by atoms with Crippen LogP contribution in [0.3, 0.4) is 0 Å². The molecule has 0 saturated carbocycles. The Morgan fingerprint density at radius 2 is 1.86 bits per heavy atom. The lowest BCUT2D eigenvalue weighted by Gasteiger charge is -2.13. The van der Waals surface area contributed by atoms with Gasteiger partial charge >= 0.3 is 6.18 Å². The minimum atomic E-state index is -4.79. The van der Waals surface area contributed by atoms with Crippen molar-refractivity contribution in [2.75, 3.05) is 5.32 Å². The Labute approximate surface area is 125 Å². The lowest BCUT2D eigenvalue weighted by molar-refractivity contribution is -0.137. The van der Waals surface area contributed by atoms with Crippen LogP contribution in [0.5, 0.6) is 5.75 Å². The molecule has 0 aliphatic heterocycles. The van der Waals surface area contributed by atoms with E-state index >= 15 is 0 Å². The van der Waals surface area contributed by atoms with Gasteiger partial charge in [-0.15, -0.1) is 0 Å². The summed E-state index contributed by atoms with van der Waals surface area (Å²) in [4.78, 5) is 18.3. The average molecular weight is 336 g/mol. The van der Waals surface area contributed by atoms with Crippen molar-refractivity contribution in [1.82, 2.24) is 9.97 Å². The summed E-state index contributed by atoms with van der Waals surface area (Å²) >= 11 is 5.39. The Balaban J connectivity index is 2.38. The molecule has 1 heterocycles. The summed E-state index contributed by atoms with van der Waals surface area (Å²) in [6.45, 7) is 0. The van der Waals surface area contributed by atoms with Crippen LogP contribution >= 0.6 is 11.6 Å². The van der Waals surface area contributed by atoms with Crippen LogP contribution in [0.4, 0.5) is 23.2 Å². The van der Waals surface area contributed by atoms with E-state index in [1.807, 2.05) is 5.32 Å². The van der Waals surface area contributed by atoms with Crippen LogP contribution < -0.4 is 5.32 Å². The van der Waals surface area contributed by atoms with E-state index in [4.69, 9.17) is 11.6 Å². The zero-order chi connectivity index (χ0) is 16.5. The summed E-state index contributed by atoms with van der Waals surface area (Å²) in [6, 6.07) is 1.05. The van der Waals surface area contributed by atoms with Crippen molar-refractivity contribution in [2.24, 2.45) is 0 Å². The predicted molar refractivity (Wildman–Crippen MR) is 68.1 cm³/mol. The Morgan fingerprint density at radius 3 is 2.45 bits per heavy atom. The Morgan fingerprint density at radius 1 is 1.23 bits per heavy atom. The van der Waals surface area contributed by atoms with Gasteiger partial charge in [-0.2, -0.15) is 17.6 Å². The Bertz CT molecular complexity index is 737. The second-order valence-corrected chi connectivity index (χ2v) is 4.40. The molecule has 10 heteroatoms. The molecule has 0 radical (unpaired) electrons. The van der Waals surface area contributed by atoms with Gasteiger partial charge in [-0.1, -0.05) is 11.6 Å². The highest BCUT2D eigenvalue weighted by Gasteiger charge is 2.34. The van der Waals surface area contributed by atoms with Crippen molar-refractivity contribution in [3.8, 4) is 5.75 Å². The topological polar surface area (TPSA) is 75.1 Å². The number of benzene rings is 1. The molecule has 2 rings (SSSR count). The Kier molecular flexibility index (Phi) is 4.18. The molecule has 0 bridgehead atoms. The first-order valence-corrected chi connectivity index (χ1v) is 5.95. The number of hydrogen-bond acceptors (Lipinski definition) is 4. The van der Waals surface area contributed by atoms with Crippen LogP contribution in [0.15, 0.2) is 24.5 Å². The number of carbonyl (C=O) groups is 1. The molecule has 0 atom stereocenters. The second-order valence-electron chi connectivity index (χ2n) is 4.00. The number of halogens is 5. The molecule has 0 aliphatic rings. The van der Waals surface area contributed by atoms with Gasteiger partial charge in [0.15, 0.2) is 5.69 Å². The van der Waals surface area contributed by atoms with E-state index in [2.05, 4.69) is 9.97 Å². The van der Waals surface area contributed by atoms with Crippen LogP contribution in [-0.4, -0.2) is 21.0 Å². The molecule has 0 spiro atoms. The lowest BCUT2D eigenvalue weighted by atomic mass is 10.1. The maximum absolute atomic E-state index is 13.3. The van der Waals surface area contributed by atoms with Gasteiger partial charge in [0.1, 0.15) is 5.75 Å². The molecular weight excluding hydrogens is 330 g/mol. The highest BCUT2D eigenvalue weighted by molar-refractivity contribution is 6.31. The number of amides is 1. The highest BCUT2D eigenvalue weighted by Crippen LogP contribution is 2.40. The van der Waals surface area contributed by atoms with Crippen molar-refractivity contribution in [3.05, 3.63) is 46.8 Å². The molecule has 1 amide bonds. The third-order valence-corrected chi connectivity index (χ3v) is 2.82. The zero-order valence-electron chi connectivity index (χ0n) is 10.4. The summed E-state index contributed by atoms with van der Waals surface area (Å²) < 4.78 is 51.4. The van der Waals surface area contributed by atoms with Crippen LogP contribution in [0, 0.1) is 5.95 Å². The molecule has 0 aliphatic carbocycles. The maximum Gasteiger partial charge on any atom is 0.417 e. The van der Waals surface area contributed by atoms with Crippen molar-refractivity contribution in [1.29, 1.82) is 0 Å². The average Bonchev–Trinajstić information content (AvgIpc) is 2.40. The monoisotopic (exact) mass is 335 g/mol. The number of nitrogens with zero attached hydrogens (tertiary/aromatic N) is 2. The number of anilines is 1. The number of aromatic hydroxyl groups is 1. The molecule has 2 aromatic rings. The van der Waals surface area contributed by atoms with Gasteiger partial charge in [-0.25, -0.2) is 9.97 Å². The van der Waals surface area contributed by atoms with E-state index in [0.29, 0.717) is 12.1 Å². The van der Waals surface area contributed by atoms with Crippen LogP contribution in [0.25, 0.3) is 0 Å². The summed E-state index contributed by atoms with van der Waals surface area (Å²) in [5, 5.41) is 10.7. The largest absolute Gasteiger partial charge is 0.506 e. The molecule has 22 heavy (non-hydrogen) atoms. The van der Waals surface area contributed by atoms with E-state index in [9.17, 15) is 27.5 Å². The first kappa shape index (κ1) is 16.0. The SMILES string of the molecule is O=C(Nc1cc(C(F)(F)F)c(Cl)cc1O)c1nccnc1F. The third-order valence-electron chi connectivity index (χ3n) is 2.51. The van der Waals surface area contributed by atoms with Gasteiger partial charge in [0, 0.05) is 18.5 Å². The van der Waals surface area contributed by atoms with Crippen LogP contribution in [0.1, 0.15) is 16.1 Å². The fourth-order valence-electron chi connectivity index (χ4n) is 1.53. The molecule has 2 N–H and O–H groups in total. The van der Waals surface area contributed by atoms with Crippen molar-refractivity contribution in [3.63, 3.8) is 0 Å². The number of rotatable bonds is 2. The lowest BCUT2D eigenvalue weighted by Crippen LogP contribution is -2.17. The maximum atomic E-state index is 13.3. The standard InChI is InChI=1S/C12H6ClF4N3O2/c13-6-4-8(21)7(3-5(6)12(15,16)17)20-11(22)9-10(14)19-2-1-18-9/h1-4,21H,(H,20,22). The predicted octanol–water partition coefficient (Wildman–Crippen LogP) is 3.25. The molecule has 5 nitrogen and oxygen atoms in total. The fraction of sp³-hybridized carbons (Fsp3) is 0.0833. The van der Waals surface area contributed by atoms with E-state index in [-0.39, 0.29) is 0 Å². The summed E-state index contributed by atoms with van der Waals surface area (Å²) in [5.74, 6) is -3.09. The van der Waals surface area contributed by atoms with Gasteiger partial charge in [0.05, 0.1) is 16.3 Å². The van der Waals surface area contributed by atoms with E-state index in [1.165, 1.54) is 0 Å². The normalized spacial score (nSPS) is 11.3. The van der Waals surface area contributed by atoms with Crippen molar-refractivity contribution >= 4 is 23.2 Å². The highest BCUT2D eigenvalue weighted by atomic mass is 35.5. The minimum absolute atomic E-state index is 0.434. The smallest absolute Gasteiger partial charge is 0.417 e. The molecular formula is C12H6ClF4N3O2. The van der Waals surface area contributed by atoms with Gasteiger partial charge in [-0.05, 0) is 6.07 Å². The third kappa shape index (κ3) is 3.25. The molecule has 0 fully saturated rings. The van der Waals surface area contributed by atoms with Gasteiger partial charge in [0.25, 0.3) is 5.91 Å². The number of nitrogens with one attached hydrogen (secondary N) is 1. The van der Waals surface area contributed by atoms with E-state index in [1.54, 1.807) is 0 Å². The second kappa shape index (κ2) is 5.76. The van der Waals surface area contributed by atoms with Crippen LogP contribution in [-0.2, 0) is 6.18 Å². The zero-order valence-corrected chi connectivity index (χ0v) is 11.2. The van der Waals surface area contributed by atoms with Gasteiger partial charge in [0.2, 0.25) is 5.95 Å². The number of hydrogen-bond donors (Lipinski definition) is 2. The van der Waals surface area contributed by atoms with E-state index in [0.717, 1.165) is 12.4 Å². The Hall–Kier alpha value is -2.42. The molecule has 0 saturated heterocycles. The minimum Gasteiger partial charge on any atom is -0.506 e. The summed E-state index contributed by atoms with van der Waals surface area (Å²) in [6.07, 6.45) is -2.77. The molecule has 116 valence electrons. The van der Waals surface area contributed by atoms with Crippen LogP contribution in [0.2, 0.25) is 5.02 Å². The quantitative estimate of drug-likeness (QED) is 0.652. The number of phenols is 1. The molecule has 1 aromatic heterocycles. The van der Waals surface area contributed by atoms with E-state index < -0.39 is 45.7 Å². The first-order valence-electron chi connectivity index (χ1n) is 5.57. The number of carbonyl (C=O) groups excluding carboxylic acids is 1. The number of alkyl halides is 3. The molecule has 1 aromatic carbocycles. The van der Waals surface area contributed by atoms with Gasteiger partial charge < -0.3 is 10.4 Å². The fourth-order valence-corrected chi connectivity index (χ4v) is 1.80. The van der Waals surface area contributed by atoms with Crippen molar-refractivity contribution < 1.29 is 27.5 Å². The molecule has 0 unspecified atom stereocenters. The number of aromatic nitrogens is 2. The summed E-state index contributed by atoms with van der Waals surface area (Å²) in [7, 11) is 0. The van der Waals surface area contributed by atoms with Gasteiger partial charge in [-0.3, -0.25) is 4.79 Å². The number of phenolic OH excluding ortho intramolecular Hbond substituents is 1. The summed E-state index contributed by atoms with van der Waals surface area (Å²) in [5.41, 5.74) is -2.58. The first-order chi connectivity index (χ1) is 10.2.